The molecule has 0 aromatic heterocycles. The zero-order chi connectivity index (χ0) is 13.6. The number of halogens is 1. The van der Waals surface area contributed by atoms with Crippen LogP contribution in [0.5, 0.6) is 0 Å². The maximum atomic E-state index is 13.4. The number of sulfone groups is 1. The number of benzene rings is 1. The Hall–Kier alpha value is -1.63. The maximum absolute atomic E-state index is 13.4. The molecule has 1 saturated heterocycles. The molecule has 2 aliphatic heterocycles. The second kappa shape index (κ2) is 4.19. The lowest BCUT2D eigenvalue weighted by molar-refractivity contribution is -0.116. The maximum Gasteiger partial charge on any atom is 0.226 e. The van der Waals surface area contributed by atoms with E-state index in [-0.39, 0.29) is 23.8 Å². The van der Waals surface area contributed by atoms with Crippen molar-refractivity contribution in [3.8, 4) is 0 Å². The van der Waals surface area contributed by atoms with Crippen LogP contribution in [-0.2, 0) is 14.6 Å². The van der Waals surface area contributed by atoms with E-state index in [9.17, 15) is 17.6 Å². The molecule has 2 heterocycles. The highest BCUT2D eigenvalue weighted by Crippen LogP contribution is 2.34. The van der Waals surface area contributed by atoms with Crippen molar-refractivity contribution >= 4 is 27.1 Å². The van der Waals surface area contributed by atoms with E-state index < -0.39 is 21.7 Å². The Kier molecular flexibility index (Phi) is 2.74. The summed E-state index contributed by atoms with van der Waals surface area (Å²) in [7, 11) is -3.12. The van der Waals surface area contributed by atoms with E-state index in [0.717, 1.165) is 0 Å². The first-order chi connectivity index (χ1) is 8.94. The number of hydrogen-bond donors (Lipinski definition) is 1. The normalized spacial score (nSPS) is 25.0. The molecule has 0 bridgehead atoms. The van der Waals surface area contributed by atoms with E-state index in [2.05, 4.69) is 5.32 Å². The van der Waals surface area contributed by atoms with Gasteiger partial charge in [-0.1, -0.05) is 0 Å². The van der Waals surface area contributed by atoms with Crippen LogP contribution >= 0.6 is 0 Å². The Morgan fingerprint density at radius 1 is 1.37 bits per heavy atom. The number of anilines is 2. The first-order valence-corrected chi connectivity index (χ1v) is 7.83. The lowest BCUT2D eigenvalue weighted by Gasteiger charge is -2.35. The molecule has 19 heavy (non-hydrogen) atoms. The molecule has 0 saturated carbocycles. The van der Waals surface area contributed by atoms with Gasteiger partial charge in [0, 0.05) is 13.0 Å². The van der Waals surface area contributed by atoms with Crippen molar-refractivity contribution in [2.45, 2.75) is 12.5 Å². The Morgan fingerprint density at radius 2 is 2.16 bits per heavy atom. The third-order valence-electron chi connectivity index (χ3n) is 3.49. The number of carbonyl (C=O) groups excluding carboxylic acids is 1. The third-order valence-corrected chi connectivity index (χ3v) is 5.19. The summed E-state index contributed by atoms with van der Waals surface area (Å²) in [6, 6.07) is 3.71. The fourth-order valence-corrected chi connectivity index (χ4v) is 4.16. The van der Waals surface area contributed by atoms with Crippen molar-refractivity contribution in [1.29, 1.82) is 0 Å². The van der Waals surface area contributed by atoms with E-state index in [0.29, 0.717) is 17.9 Å². The van der Waals surface area contributed by atoms with Gasteiger partial charge in [0.2, 0.25) is 5.91 Å². The second-order valence-corrected chi connectivity index (χ2v) is 7.10. The van der Waals surface area contributed by atoms with Gasteiger partial charge in [-0.15, -0.1) is 0 Å². The summed E-state index contributed by atoms with van der Waals surface area (Å²) in [4.78, 5) is 13.6. The molecule has 1 N–H and O–H groups in total. The van der Waals surface area contributed by atoms with Gasteiger partial charge in [0.15, 0.2) is 9.84 Å². The van der Waals surface area contributed by atoms with E-state index >= 15 is 0 Å². The summed E-state index contributed by atoms with van der Waals surface area (Å²) in [5, 5.41) is 2.69. The SMILES string of the molecule is O=C1CC2CS(=O)(=O)CCN2c2cc(F)ccc2N1. The van der Waals surface area contributed by atoms with Gasteiger partial charge < -0.3 is 10.2 Å². The van der Waals surface area contributed by atoms with Gasteiger partial charge in [0.05, 0.1) is 28.9 Å². The minimum Gasteiger partial charge on any atom is -0.364 e. The minimum atomic E-state index is -3.12. The summed E-state index contributed by atoms with van der Waals surface area (Å²) in [5.41, 5.74) is 1.10. The van der Waals surface area contributed by atoms with Crippen LogP contribution in [0, 0.1) is 5.82 Å². The van der Waals surface area contributed by atoms with Crippen LogP contribution in [0.25, 0.3) is 0 Å². The van der Waals surface area contributed by atoms with Crippen molar-refractivity contribution < 1.29 is 17.6 Å². The average Bonchev–Trinajstić information content (AvgIpc) is 2.43. The molecule has 1 aromatic carbocycles. The standard InChI is InChI=1S/C12H13FN2O3S/c13-8-1-2-10-11(5-8)15-3-4-19(17,18)7-9(15)6-12(16)14-10/h1-2,5,9H,3-4,6-7H2,(H,14,16). The Bertz CT molecular complexity index is 644. The molecule has 102 valence electrons. The van der Waals surface area contributed by atoms with Crippen LogP contribution in [-0.4, -0.2) is 38.4 Å². The van der Waals surface area contributed by atoms with Crippen LogP contribution in [0.15, 0.2) is 18.2 Å². The lowest BCUT2D eigenvalue weighted by atomic mass is 10.1. The molecule has 1 amide bonds. The lowest BCUT2D eigenvalue weighted by Crippen LogP contribution is -2.48. The van der Waals surface area contributed by atoms with Gasteiger partial charge in [0.1, 0.15) is 5.82 Å². The van der Waals surface area contributed by atoms with E-state index in [1.165, 1.54) is 18.2 Å². The van der Waals surface area contributed by atoms with E-state index in [1.807, 2.05) is 4.90 Å². The zero-order valence-corrected chi connectivity index (χ0v) is 10.9. The molecule has 7 heteroatoms. The molecule has 5 nitrogen and oxygen atoms in total. The van der Waals surface area contributed by atoms with Crippen molar-refractivity contribution in [2.24, 2.45) is 0 Å². The fraction of sp³-hybridized carbons (Fsp3) is 0.417. The highest BCUT2D eigenvalue weighted by atomic mass is 32.2. The predicted octanol–water partition coefficient (Wildman–Crippen LogP) is 0.771. The number of nitrogens with one attached hydrogen (secondary N) is 1. The van der Waals surface area contributed by atoms with Gasteiger partial charge in [-0.25, -0.2) is 12.8 Å². The minimum absolute atomic E-state index is 0.0354. The third kappa shape index (κ3) is 2.30. The van der Waals surface area contributed by atoms with E-state index in [1.54, 1.807) is 0 Å². The van der Waals surface area contributed by atoms with Crippen molar-refractivity contribution in [1.82, 2.24) is 0 Å². The van der Waals surface area contributed by atoms with Gasteiger partial charge in [-0.2, -0.15) is 0 Å². The molecule has 0 radical (unpaired) electrons. The fourth-order valence-electron chi connectivity index (χ4n) is 2.64. The van der Waals surface area contributed by atoms with Crippen LogP contribution < -0.4 is 10.2 Å². The van der Waals surface area contributed by atoms with Crippen LogP contribution in [0.2, 0.25) is 0 Å². The van der Waals surface area contributed by atoms with Crippen molar-refractivity contribution in [3.63, 3.8) is 0 Å². The molecule has 3 rings (SSSR count). The summed E-state index contributed by atoms with van der Waals surface area (Å²) in [5.74, 6) is -0.663. The van der Waals surface area contributed by atoms with Crippen LogP contribution in [0.3, 0.4) is 0 Å². The van der Waals surface area contributed by atoms with Crippen molar-refractivity contribution in [3.05, 3.63) is 24.0 Å². The van der Waals surface area contributed by atoms with E-state index in [4.69, 9.17) is 0 Å². The van der Waals surface area contributed by atoms with Crippen molar-refractivity contribution in [2.75, 3.05) is 28.3 Å². The monoisotopic (exact) mass is 284 g/mol. The Labute approximate surface area is 110 Å². The first-order valence-electron chi connectivity index (χ1n) is 6.01. The zero-order valence-electron chi connectivity index (χ0n) is 10.1. The molecule has 1 aromatic rings. The smallest absolute Gasteiger partial charge is 0.226 e. The van der Waals surface area contributed by atoms with Crippen LogP contribution in [0.4, 0.5) is 15.8 Å². The summed E-state index contributed by atoms with van der Waals surface area (Å²) in [6.07, 6.45) is 0.107. The molecule has 1 atom stereocenters. The van der Waals surface area contributed by atoms with Gasteiger partial charge in [-0.05, 0) is 18.2 Å². The topological polar surface area (TPSA) is 66.5 Å². The molecular weight excluding hydrogens is 271 g/mol. The molecule has 1 fully saturated rings. The highest BCUT2D eigenvalue weighted by Gasteiger charge is 2.36. The number of hydrogen-bond acceptors (Lipinski definition) is 4. The Morgan fingerprint density at radius 3 is 2.95 bits per heavy atom. The molecule has 0 aliphatic carbocycles. The molecule has 1 unspecified atom stereocenters. The summed E-state index contributed by atoms with van der Waals surface area (Å²) >= 11 is 0. The molecular formula is C12H13FN2O3S. The molecule has 2 aliphatic rings. The number of rotatable bonds is 0. The van der Waals surface area contributed by atoms with Gasteiger partial charge in [0.25, 0.3) is 0 Å². The Balaban J connectivity index is 2.07. The van der Waals surface area contributed by atoms with Gasteiger partial charge >= 0.3 is 0 Å². The molecule has 0 spiro atoms. The van der Waals surface area contributed by atoms with Crippen LogP contribution in [0.1, 0.15) is 6.42 Å². The highest BCUT2D eigenvalue weighted by molar-refractivity contribution is 7.91. The van der Waals surface area contributed by atoms with Gasteiger partial charge in [-0.3, -0.25) is 4.79 Å². The predicted molar refractivity (Wildman–Crippen MR) is 69.4 cm³/mol. The second-order valence-electron chi connectivity index (χ2n) is 4.88. The summed E-state index contributed by atoms with van der Waals surface area (Å²) in [6.45, 7) is 0.290. The first kappa shape index (κ1) is 12.4. The number of amides is 1. The largest absolute Gasteiger partial charge is 0.364 e. The summed E-state index contributed by atoms with van der Waals surface area (Å²) < 4.78 is 36.7. The average molecular weight is 284 g/mol. The quantitative estimate of drug-likeness (QED) is 0.764. The number of carbonyl (C=O) groups is 1. The number of fused-ring (bicyclic) bond motifs is 3. The number of nitrogens with zero attached hydrogens (tertiary/aromatic N) is 1.